The molecular weight excluding hydrogens is 563 g/mol. The van der Waals surface area contributed by atoms with Crippen LogP contribution in [0, 0.1) is 17.6 Å². The van der Waals surface area contributed by atoms with Crippen molar-refractivity contribution in [3.05, 3.63) is 81.5 Å². The van der Waals surface area contributed by atoms with Gasteiger partial charge in [0.25, 0.3) is 0 Å². The maximum atomic E-state index is 14.6. The average Bonchev–Trinajstić information content (AvgIpc) is 3.41. The van der Waals surface area contributed by atoms with Crippen molar-refractivity contribution in [1.29, 1.82) is 0 Å². The number of nitrogens with zero attached hydrogens (tertiary/aromatic N) is 3. The Kier molecular flexibility index (Phi) is 7.11. The number of carbonyl (C=O) groups is 1. The zero-order chi connectivity index (χ0) is 28.1. The van der Waals surface area contributed by atoms with Crippen LogP contribution in [0.25, 0.3) is 16.4 Å². The Bertz CT molecular complexity index is 1610. The molecule has 1 aliphatic rings. The van der Waals surface area contributed by atoms with E-state index in [1.54, 1.807) is 0 Å². The number of alkyl halides is 3. The van der Waals surface area contributed by atoms with Gasteiger partial charge in [-0.3, -0.25) is 0 Å². The number of halogens is 5. The highest BCUT2D eigenvalue weighted by atomic mass is 32.2. The SMILES string of the molecule is NS(=O)c1ccc(Cc2c(-c3ccc(F)c(C(F)(F)F)c3)nn(-c3nc(C(=O)O)cs3)c2CC2CC2)cc1F. The lowest BCUT2D eigenvalue weighted by atomic mass is 9.96. The van der Waals surface area contributed by atoms with Crippen LogP contribution in [-0.2, 0) is 30.0 Å². The monoisotopic (exact) mass is 582 g/mol. The molecule has 14 heteroatoms. The summed E-state index contributed by atoms with van der Waals surface area (Å²) in [5.41, 5.74) is -0.187. The fourth-order valence-electron chi connectivity index (χ4n) is 4.24. The maximum absolute atomic E-state index is 14.6. The largest absolute Gasteiger partial charge is 0.476 e. The second kappa shape index (κ2) is 10.2. The van der Waals surface area contributed by atoms with E-state index in [1.165, 1.54) is 28.3 Å². The van der Waals surface area contributed by atoms with Crippen LogP contribution in [0.5, 0.6) is 0 Å². The van der Waals surface area contributed by atoms with Gasteiger partial charge in [-0.15, -0.1) is 11.3 Å². The highest BCUT2D eigenvalue weighted by Gasteiger charge is 2.35. The van der Waals surface area contributed by atoms with Crippen LogP contribution in [0.1, 0.15) is 45.7 Å². The van der Waals surface area contributed by atoms with Crippen molar-refractivity contribution in [3.8, 4) is 16.4 Å². The molecule has 7 nitrogen and oxygen atoms in total. The molecule has 0 bridgehead atoms. The maximum Gasteiger partial charge on any atom is 0.419 e. The summed E-state index contributed by atoms with van der Waals surface area (Å²) < 4.78 is 82.3. The van der Waals surface area contributed by atoms with Gasteiger partial charge in [0.2, 0.25) is 5.13 Å². The van der Waals surface area contributed by atoms with Crippen LogP contribution in [0.4, 0.5) is 22.0 Å². The number of carboxylic acids is 1. The smallest absolute Gasteiger partial charge is 0.419 e. The van der Waals surface area contributed by atoms with Crippen LogP contribution in [0.2, 0.25) is 0 Å². The lowest BCUT2D eigenvalue weighted by molar-refractivity contribution is -0.139. The molecule has 1 aliphatic carbocycles. The van der Waals surface area contributed by atoms with E-state index >= 15 is 0 Å². The summed E-state index contributed by atoms with van der Waals surface area (Å²) in [5.74, 6) is -3.24. The summed E-state index contributed by atoms with van der Waals surface area (Å²) >= 11 is 0.994. The Balaban J connectivity index is 1.71. The van der Waals surface area contributed by atoms with E-state index in [9.17, 15) is 36.1 Å². The first kappa shape index (κ1) is 27.1. The summed E-state index contributed by atoms with van der Waals surface area (Å²) in [6.45, 7) is 0. The third-order valence-electron chi connectivity index (χ3n) is 6.30. The number of rotatable bonds is 8. The predicted octanol–water partition coefficient (Wildman–Crippen LogP) is 5.52. The van der Waals surface area contributed by atoms with Crippen LogP contribution in [0.3, 0.4) is 0 Å². The lowest BCUT2D eigenvalue weighted by Gasteiger charge is -2.11. The molecule has 39 heavy (non-hydrogen) atoms. The van der Waals surface area contributed by atoms with Crippen molar-refractivity contribution < 1.29 is 36.1 Å². The van der Waals surface area contributed by atoms with Gasteiger partial charge in [0, 0.05) is 22.9 Å². The zero-order valence-corrected chi connectivity index (χ0v) is 21.5. The van der Waals surface area contributed by atoms with Crippen molar-refractivity contribution in [3.63, 3.8) is 0 Å². The Hall–Kier alpha value is -3.49. The van der Waals surface area contributed by atoms with Crippen molar-refractivity contribution in [1.82, 2.24) is 14.8 Å². The molecule has 2 aromatic carbocycles. The highest BCUT2D eigenvalue weighted by Crippen LogP contribution is 2.40. The van der Waals surface area contributed by atoms with Gasteiger partial charge in [0.15, 0.2) is 5.69 Å². The fourth-order valence-corrected chi connectivity index (χ4v) is 5.46. The highest BCUT2D eigenvalue weighted by molar-refractivity contribution is 7.82. The standard InChI is InChI=1S/C25H19F5N4O3S2/c26-17-5-4-14(10-16(17)25(28,29)30)22-15(7-13-3-6-21(39(31)37)18(27)8-13)20(9-12-1-2-12)34(33-22)24-32-19(11-38-24)23(35)36/h3-6,8,10-12H,1-2,7,9,31H2,(H,35,36). The molecule has 0 radical (unpaired) electrons. The van der Waals surface area contributed by atoms with E-state index in [0.717, 1.165) is 30.2 Å². The Morgan fingerprint density at radius 2 is 1.90 bits per heavy atom. The number of hydrogen-bond donors (Lipinski definition) is 2. The average molecular weight is 583 g/mol. The minimum absolute atomic E-state index is 0.0156. The molecule has 204 valence electrons. The molecule has 1 saturated carbocycles. The quantitative estimate of drug-likeness (QED) is 0.266. The number of aromatic nitrogens is 3. The fraction of sp³-hybridized carbons (Fsp3) is 0.240. The van der Waals surface area contributed by atoms with E-state index in [2.05, 4.69) is 10.1 Å². The first-order valence-corrected chi connectivity index (χ1v) is 13.6. The molecule has 5 rings (SSSR count). The molecule has 4 aromatic rings. The van der Waals surface area contributed by atoms with Gasteiger partial charge < -0.3 is 5.11 Å². The summed E-state index contributed by atoms with van der Waals surface area (Å²) in [6.07, 6.45) is -2.65. The molecule has 0 amide bonds. The number of hydrogen-bond acceptors (Lipinski definition) is 5. The molecule has 0 aliphatic heterocycles. The van der Waals surface area contributed by atoms with Crippen molar-refractivity contribution in [2.75, 3.05) is 0 Å². The van der Waals surface area contributed by atoms with Gasteiger partial charge in [-0.25, -0.2) is 32.6 Å². The molecule has 0 spiro atoms. The minimum atomic E-state index is -4.96. The molecule has 0 saturated heterocycles. The molecule has 2 heterocycles. The van der Waals surface area contributed by atoms with E-state index in [0.29, 0.717) is 35.4 Å². The lowest BCUT2D eigenvalue weighted by Crippen LogP contribution is -2.08. The van der Waals surface area contributed by atoms with Crippen molar-refractivity contribution in [2.24, 2.45) is 11.1 Å². The van der Waals surface area contributed by atoms with Crippen LogP contribution >= 0.6 is 11.3 Å². The molecule has 2 aromatic heterocycles. The minimum Gasteiger partial charge on any atom is -0.476 e. The molecule has 1 fully saturated rings. The summed E-state index contributed by atoms with van der Waals surface area (Å²) in [5, 5.41) is 20.7. The van der Waals surface area contributed by atoms with Crippen LogP contribution in [-0.4, -0.2) is 30.0 Å². The Morgan fingerprint density at radius 1 is 1.15 bits per heavy atom. The van der Waals surface area contributed by atoms with Gasteiger partial charge in [0.1, 0.15) is 22.6 Å². The van der Waals surface area contributed by atoms with Crippen LogP contribution < -0.4 is 5.14 Å². The molecule has 3 N–H and O–H groups in total. The van der Waals surface area contributed by atoms with E-state index in [4.69, 9.17) is 5.14 Å². The van der Waals surface area contributed by atoms with Crippen LogP contribution in [0.15, 0.2) is 46.7 Å². The number of benzene rings is 2. The van der Waals surface area contributed by atoms with Gasteiger partial charge in [-0.1, -0.05) is 6.07 Å². The van der Waals surface area contributed by atoms with E-state index in [1.807, 2.05) is 0 Å². The normalized spacial score (nSPS) is 14.5. The predicted molar refractivity (Wildman–Crippen MR) is 133 cm³/mol. The first-order valence-electron chi connectivity index (χ1n) is 11.5. The van der Waals surface area contributed by atoms with Gasteiger partial charge in [-0.2, -0.15) is 18.3 Å². The number of aromatic carboxylic acids is 1. The Labute approximate surface area is 224 Å². The topological polar surface area (TPSA) is 111 Å². The first-order chi connectivity index (χ1) is 18.4. The number of thiazole rings is 1. The van der Waals surface area contributed by atoms with E-state index in [-0.39, 0.29) is 39.3 Å². The summed E-state index contributed by atoms with van der Waals surface area (Å²) in [4.78, 5) is 15.3. The van der Waals surface area contributed by atoms with Gasteiger partial charge >= 0.3 is 12.1 Å². The van der Waals surface area contributed by atoms with Crippen molar-refractivity contribution in [2.45, 2.75) is 36.8 Å². The van der Waals surface area contributed by atoms with Gasteiger partial charge in [-0.05, 0) is 61.1 Å². The zero-order valence-electron chi connectivity index (χ0n) is 19.8. The number of carboxylic acid groups (broad SMARTS) is 1. The summed E-state index contributed by atoms with van der Waals surface area (Å²) in [7, 11) is -2.06. The van der Waals surface area contributed by atoms with Gasteiger partial charge in [0.05, 0.1) is 21.8 Å². The van der Waals surface area contributed by atoms with Crippen molar-refractivity contribution >= 4 is 28.3 Å². The third-order valence-corrected chi connectivity index (χ3v) is 7.88. The number of nitrogens with two attached hydrogens (primary N) is 1. The molecular formula is C25H19F5N4O3S2. The third kappa shape index (κ3) is 5.63. The Morgan fingerprint density at radius 3 is 2.49 bits per heavy atom. The van der Waals surface area contributed by atoms with E-state index < -0.39 is 40.3 Å². The molecule has 1 unspecified atom stereocenters. The molecule has 1 atom stereocenters. The second-order valence-electron chi connectivity index (χ2n) is 9.08. The summed E-state index contributed by atoms with van der Waals surface area (Å²) in [6, 6.07) is 6.46. The second-order valence-corrected chi connectivity index (χ2v) is 11.0.